The molecule has 1 rings (SSSR count). The highest BCUT2D eigenvalue weighted by molar-refractivity contribution is 7.98. The molecule has 0 aliphatic rings. The number of carboxylic acid groups (broad SMARTS) is 1. The number of carboxylic acids is 1. The fourth-order valence-corrected chi connectivity index (χ4v) is 2.67. The molecule has 1 aromatic rings. The van der Waals surface area contributed by atoms with Gasteiger partial charge in [0.2, 0.25) is 0 Å². The summed E-state index contributed by atoms with van der Waals surface area (Å²) >= 11 is 7.55. The van der Waals surface area contributed by atoms with Crippen molar-refractivity contribution in [2.24, 2.45) is 0 Å². The number of halogens is 1. The van der Waals surface area contributed by atoms with Crippen LogP contribution < -0.4 is 4.90 Å². The standard InChI is InChI=1S/C14H19ClN2O3S/c1-10(9-21-3)16(2)14(20)17(8-13(18)19)12-6-4-5-11(15)7-12/h4-7,10H,8-9H2,1-3H3,(H,18,19). The quantitative estimate of drug-likeness (QED) is 0.871. The molecule has 2 amide bonds. The van der Waals surface area contributed by atoms with E-state index in [0.717, 1.165) is 5.75 Å². The second kappa shape index (κ2) is 8.14. The molecule has 0 radical (unpaired) electrons. The highest BCUT2D eigenvalue weighted by atomic mass is 35.5. The monoisotopic (exact) mass is 330 g/mol. The molecular weight excluding hydrogens is 312 g/mol. The number of hydrogen-bond acceptors (Lipinski definition) is 3. The number of urea groups is 1. The maximum Gasteiger partial charge on any atom is 0.325 e. The Morgan fingerprint density at radius 3 is 2.62 bits per heavy atom. The Morgan fingerprint density at radius 1 is 1.43 bits per heavy atom. The normalized spacial score (nSPS) is 11.8. The van der Waals surface area contributed by atoms with Crippen LogP contribution in [-0.2, 0) is 4.79 Å². The predicted octanol–water partition coefficient (Wildman–Crippen LogP) is 3.03. The molecule has 0 heterocycles. The summed E-state index contributed by atoms with van der Waals surface area (Å²) in [7, 11) is 1.67. The van der Waals surface area contributed by atoms with E-state index in [4.69, 9.17) is 16.7 Å². The van der Waals surface area contributed by atoms with E-state index in [0.29, 0.717) is 10.7 Å². The number of amides is 2. The zero-order chi connectivity index (χ0) is 16.0. The Kier molecular flexibility index (Phi) is 6.84. The van der Waals surface area contributed by atoms with Gasteiger partial charge in [-0.3, -0.25) is 9.69 Å². The molecule has 1 N–H and O–H groups in total. The van der Waals surface area contributed by atoms with Gasteiger partial charge in [0, 0.05) is 29.6 Å². The van der Waals surface area contributed by atoms with E-state index in [9.17, 15) is 9.59 Å². The maximum atomic E-state index is 12.5. The van der Waals surface area contributed by atoms with Crippen LogP contribution in [0.5, 0.6) is 0 Å². The van der Waals surface area contributed by atoms with Crippen LogP contribution in [0.2, 0.25) is 5.02 Å². The van der Waals surface area contributed by atoms with E-state index in [1.807, 2.05) is 13.2 Å². The van der Waals surface area contributed by atoms with Gasteiger partial charge in [0.25, 0.3) is 0 Å². The second-order valence-corrected chi connectivity index (χ2v) is 6.00. The Labute approximate surface area is 133 Å². The smallest absolute Gasteiger partial charge is 0.325 e. The SMILES string of the molecule is CSCC(C)N(C)C(=O)N(CC(=O)O)c1cccc(Cl)c1. The summed E-state index contributed by atoms with van der Waals surface area (Å²) in [5.41, 5.74) is 0.470. The Hall–Kier alpha value is -1.40. The first kappa shape index (κ1) is 17.7. The number of anilines is 1. The van der Waals surface area contributed by atoms with Crippen LogP contribution in [0.3, 0.4) is 0 Å². The fourth-order valence-electron chi connectivity index (χ4n) is 1.78. The van der Waals surface area contributed by atoms with Crippen LogP contribution >= 0.6 is 23.4 Å². The zero-order valence-electron chi connectivity index (χ0n) is 12.2. The lowest BCUT2D eigenvalue weighted by atomic mass is 10.3. The van der Waals surface area contributed by atoms with Crippen LogP contribution in [0.25, 0.3) is 0 Å². The minimum absolute atomic E-state index is 0.00276. The minimum Gasteiger partial charge on any atom is -0.480 e. The van der Waals surface area contributed by atoms with Gasteiger partial charge in [0.05, 0.1) is 0 Å². The zero-order valence-corrected chi connectivity index (χ0v) is 13.8. The maximum absolute atomic E-state index is 12.5. The average Bonchev–Trinajstić information content (AvgIpc) is 2.43. The molecule has 116 valence electrons. The van der Waals surface area contributed by atoms with E-state index >= 15 is 0 Å². The molecule has 0 bridgehead atoms. The van der Waals surface area contributed by atoms with Crippen LogP contribution in [0, 0.1) is 0 Å². The molecule has 0 saturated carbocycles. The third kappa shape index (κ3) is 5.13. The largest absolute Gasteiger partial charge is 0.480 e. The second-order valence-electron chi connectivity index (χ2n) is 4.66. The average molecular weight is 331 g/mol. The lowest BCUT2D eigenvalue weighted by molar-refractivity contribution is -0.135. The molecule has 21 heavy (non-hydrogen) atoms. The number of aliphatic carboxylic acids is 1. The van der Waals surface area contributed by atoms with Crippen LogP contribution in [0.4, 0.5) is 10.5 Å². The van der Waals surface area contributed by atoms with Gasteiger partial charge in [-0.15, -0.1) is 0 Å². The van der Waals surface area contributed by atoms with Crippen LogP contribution in [-0.4, -0.2) is 53.6 Å². The number of carbonyl (C=O) groups is 2. The molecule has 0 saturated heterocycles. The highest BCUT2D eigenvalue weighted by Crippen LogP contribution is 2.21. The molecule has 0 aliphatic heterocycles. The number of rotatable bonds is 6. The van der Waals surface area contributed by atoms with Crippen molar-refractivity contribution >= 4 is 41.1 Å². The first-order valence-corrected chi connectivity index (χ1v) is 8.14. The summed E-state index contributed by atoms with van der Waals surface area (Å²) in [5, 5.41) is 9.49. The summed E-state index contributed by atoms with van der Waals surface area (Å²) in [5.74, 6) is -0.298. The molecule has 0 aromatic heterocycles. The fraction of sp³-hybridized carbons (Fsp3) is 0.429. The van der Waals surface area contributed by atoms with Crippen molar-refractivity contribution in [2.45, 2.75) is 13.0 Å². The highest BCUT2D eigenvalue weighted by Gasteiger charge is 2.25. The van der Waals surface area contributed by atoms with Gasteiger partial charge in [-0.1, -0.05) is 17.7 Å². The van der Waals surface area contributed by atoms with E-state index in [-0.39, 0.29) is 12.1 Å². The van der Waals surface area contributed by atoms with Crippen molar-refractivity contribution in [3.8, 4) is 0 Å². The molecule has 1 unspecified atom stereocenters. The van der Waals surface area contributed by atoms with Crippen LogP contribution in [0.1, 0.15) is 6.92 Å². The Balaban J connectivity index is 3.02. The molecule has 5 nitrogen and oxygen atoms in total. The van der Waals surface area contributed by atoms with Gasteiger partial charge < -0.3 is 10.0 Å². The van der Waals surface area contributed by atoms with Crippen molar-refractivity contribution in [2.75, 3.05) is 30.5 Å². The summed E-state index contributed by atoms with van der Waals surface area (Å²) in [6.07, 6.45) is 1.96. The van der Waals surface area contributed by atoms with Gasteiger partial charge in [-0.05, 0) is 31.4 Å². The van der Waals surface area contributed by atoms with E-state index < -0.39 is 12.5 Å². The molecular formula is C14H19ClN2O3S. The lowest BCUT2D eigenvalue weighted by Gasteiger charge is -2.31. The van der Waals surface area contributed by atoms with E-state index in [1.165, 1.54) is 4.90 Å². The summed E-state index contributed by atoms with van der Waals surface area (Å²) < 4.78 is 0. The van der Waals surface area contributed by atoms with Crippen molar-refractivity contribution in [3.05, 3.63) is 29.3 Å². The molecule has 7 heteroatoms. The molecule has 1 atom stereocenters. The van der Waals surface area contributed by atoms with Crippen molar-refractivity contribution in [3.63, 3.8) is 0 Å². The third-order valence-electron chi connectivity index (χ3n) is 3.01. The van der Waals surface area contributed by atoms with Crippen LogP contribution in [0.15, 0.2) is 24.3 Å². The van der Waals surface area contributed by atoms with Crippen molar-refractivity contribution < 1.29 is 14.7 Å². The lowest BCUT2D eigenvalue weighted by Crippen LogP contribution is -2.47. The minimum atomic E-state index is -1.07. The summed E-state index contributed by atoms with van der Waals surface area (Å²) in [6.45, 7) is 1.51. The predicted molar refractivity (Wildman–Crippen MR) is 87.4 cm³/mol. The van der Waals surface area contributed by atoms with Crippen molar-refractivity contribution in [1.82, 2.24) is 4.90 Å². The number of benzene rings is 1. The van der Waals surface area contributed by atoms with Gasteiger partial charge in [0.1, 0.15) is 6.54 Å². The third-order valence-corrected chi connectivity index (χ3v) is 4.07. The number of thioether (sulfide) groups is 1. The first-order valence-electron chi connectivity index (χ1n) is 6.37. The van der Waals surface area contributed by atoms with Gasteiger partial charge >= 0.3 is 12.0 Å². The molecule has 0 spiro atoms. The van der Waals surface area contributed by atoms with E-state index in [2.05, 4.69) is 0 Å². The van der Waals surface area contributed by atoms with Gasteiger partial charge in [-0.2, -0.15) is 11.8 Å². The summed E-state index contributed by atoms with van der Waals surface area (Å²) in [4.78, 5) is 26.3. The molecule has 0 fully saturated rings. The van der Waals surface area contributed by atoms with E-state index in [1.54, 1.807) is 48.0 Å². The summed E-state index contributed by atoms with van der Waals surface area (Å²) in [6, 6.07) is 6.25. The Morgan fingerprint density at radius 2 is 2.10 bits per heavy atom. The van der Waals surface area contributed by atoms with Gasteiger partial charge in [0.15, 0.2) is 0 Å². The number of nitrogens with zero attached hydrogens (tertiary/aromatic N) is 2. The first-order chi connectivity index (χ1) is 9.86. The number of hydrogen-bond donors (Lipinski definition) is 1. The Bertz CT molecular complexity index is 513. The number of carbonyl (C=O) groups excluding carboxylic acids is 1. The van der Waals surface area contributed by atoms with Crippen molar-refractivity contribution in [1.29, 1.82) is 0 Å². The molecule has 1 aromatic carbocycles. The van der Waals surface area contributed by atoms with Gasteiger partial charge in [-0.25, -0.2) is 4.79 Å². The topological polar surface area (TPSA) is 60.9 Å². The molecule has 0 aliphatic carbocycles.